The lowest BCUT2D eigenvalue weighted by Crippen LogP contribution is -2.25. The molecule has 0 saturated heterocycles. The largest absolute Gasteiger partial charge is 0.507 e. The third-order valence-corrected chi connectivity index (χ3v) is 2.19. The van der Waals surface area contributed by atoms with Crippen molar-refractivity contribution < 1.29 is 5.11 Å². The molecule has 0 amide bonds. The highest BCUT2D eigenvalue weighted by Crippen LogP contribution is 2.28. The molecule has 0 aromatic heterocycles. The normalized spacial score (nSPS) is 12.9. The minimum Gasteiger partial charge on any atom is -0.507 e. The first-order valence-corrected chi connectivity index (χ1v) is 4.32. The van der Waals surface area contributed by atoms with Gasteiger partial charge in [0.05, 0.1) is 0 Å². The Bertz CT molecular complexity index is 310. The number of hydrogen-bond acceptors (Lipinski definition) is 3. The molecule has 0 fully saturated rings. The molecule has 72 valence electrons. The second kappa shape index (κ2) is 3.77. The van der Waals surface area contributed by atoms with Crippen molar-refractivity contribution in [2.24, 2.45) is 5.84 Å². The Balaban J connectivity index is 3.20. The summed E-state index contributed by atoms with van der Waals surface area (Å²) in [7, 11) is 0. The maximum Gasteiger partial charge on any atom is 0.123 e. The van der Waals surface area contributed by atoms with Crippen LogP contribution in [0.1, 0.15) is 29.7 Å². The summed E-state index contributed by atoms with van der Waals surface area (Å²) in [4.78, 5) is 0. The van der Waals surface area contributed by atoms with E-state index in [9.17, 15) is 5.11 Å². The summed E-state index contributed by atoms with van der Waals surface area (Å²) in [6, 6.07) is 3.85. The van der Waals surface area contributed by atoms with Crippen LogP contribution in [0.3, 0.4) is 0 Å². The van der Waals surface area contributed by atoms with Crippen LogP contribution in [-0.4, -0.2) is 5.11 Å². The number of rotatable bonds is 2. The van der Waals surface area contributed by atoms with Crippen molar-refractivity contribution in [1.29, 1.82) is 0 Å². The van der Waals surface area contributed by atoms with Crippen LogP contribution < -0.4 is 11.3 Å². The molecule has 0 aliphatic carbocycles. The molecule has 0 radical (unpaired) electrons. The highest BCUT2D eigenvalue weighted by molar-refractivity contribution is 5.44. The Morgan fingerprint density at radius 3 is 2.54 bits per heavy atom. The third kappa shape index (κ3) is 1.99. The fourth-order valence-corrected chi connectivity index (χ4v) is 1.41. The van der Waals surface area contributed by atoms with Crippen LogP contribution in [0.15, 0.2) is 12.1 Å². The maximum absolute atomic E-state index is 9.73. The Labute approximate surface area is 78.5 Å². The van der Waals surface area contributed by atoms with E-state index in [4.69, 9.17) is 5.84 Å². The summed E-state index contributed by atoms with van der Waals surface area (Å²) >= 11 is 0. The van der Waals surface area contributed by atoms with Gasteiger partial charge in [0, 0.05) is 11.6 Å². The van der Waals surface area contributed by atoms with Crippen molar-refractivity contribution in [2.45, 2.75) is 26.8 Å². The summed E-state index contributed by atoms with van der Waals surface area (Å²) < 4.78 is 0. The number of phenolic OH excluding ortho intramolecular Hbond substituents is 1. The predicted molar refractivity (Wildman–Crippen MR) is 53.3 cm³/mol. The molecule has 0 saturated carbocycles. The Hall–Kier alpha value is -1.06. The van der Waals surface area contributed by atoms with E-state index < -0.39 is 0 Å². The van der Waals surface area contributed by atoms with Gasteiger partial charge in [0.15, 0.2) is 0 Å². The van der Waals surface area contributed by atoms with Crippen LogP contribution in [-0.2, 0) is 0 Å². The van der Waals surface area contributed by atoms with Crippen molar-refractivity contribution in [3.8, 4) is 5.75 Å². The first-order valence-electron chi connectivity index (χ1n) is 4.32. The van der Waals surface area contributed by atoms with Gasteiger partial charge in [0.1, 0.15) is 5.75 Å². The lowest BCUT2D eigenvalue weighted by molar-refractivity contribution is 0.450. The van der Waals surface area contributed by atoms with Gasteiger partial charge < -0.3 is 5.11 Å². The maximum atomic E-state index is 9.73. The molecule has 0 unspecified atom stereocenters. The minimum absolute atomic E-state index is 0.0291. The predicted octanol–water partition coefficient (Wildman–Crippen LogP) is 1.53. The minimum atomic E-state index is -0.0291. The zero-order valence-corrected chi connectivity index (χ0v) is 8.26. The molecule has 0 heterocycles. The van der Waals surface area contributed by atoms with E-state index in [0.717, 1.165) is 16.7 Å². The highest BCUT2D eigenvalue weighted by atomic mass is 16.3. The molecule has 1 aromatic rings. The smallest absolute Gasteiger partial charge is 0.123 e. The van der Waals surface area contributed by atoms with Crippen LogP contribution in [0.2, 0.25) is 0 Å². The summed E-state index contributed by atoms with van der Waals surface area (Å²) in [6.45, 7) is 5.79. The fraction of sp³-hybridized carbons (Fsp3) is 0.400. The summed E-state index contributed by atoms with van der Waals surface area (Å²) in [5.41, 5.74) is 5.48. The van der Waals surface area contributed by atoms with E-state index in [0.29, 0.717) is 5.75 Å². The molecule has 0 aliphatic heterocycles. The van der Waals surface area contributed by atoms with Gasteiger partial charge in [0.2, 0.25) is 0 Å². The van der Waals surface area contributed by atoms with Crippen molar-refractivity contribution in [3.63, 3.8) is 0 Å². The lowest BCUT2D eigenvalue weighted by atomic mass is 10.0. The molecule has 3 nitrogen and oxygen atoms in total. The van der Waals surface area contributed by atoms with E-state index >= 15 is 0 Å². The molecule has 4 N–H and O–H groups in total. The van der Waals surface area contributed by atoms with Crippen LogP contribution in [0.5, 0.6) is 5.75 Å². The van der Waals surface area contributed by atoms with Gasteiger partial charge >= 0.3 is 0 Å². The van der Waals surface area contributed by atoms with Crippen molar-refractivity contribution in [1.82, 2.24) is 5.43 Å². The Morgan fingerprint density at radius 1 is 1.38 bits per heavy atom. The second-order valence-corrected chi connectivity index (χ2v) is 3.41. The fourth-order valence-electron chi connectivity index (χ4n) is 1.41. The standard InChI is InChI=1S/C10H16N2O/c1-6-4-7(2)10(13)9(5-6)8(3)12-11/h4-5,8,12-13H,11H2,1-3H3/t8-/m1/s1. The van der Waals surface area contributed by atoms with E-state index in [-0.39, 0.29) is 6.04 Å². The quantitative estimate of drug-likeness (QED) is 0.478. The molecule has 0 bridgehead atoms. The summed E-state index contributed by atoms with van der Waals surface area (Å²) in [6.07, 6.45) is 0. The van der Waals surface area contributed by atoms with Gasteiger partial charge in [-0.1, -0.05) is 17.7 Å². The number of hydrazine groups is 1. The van der Waals surface area contributed by atoms with Gasteiger partial charge in [-0.3, -0.25) is 11.3 Å². The Kier molecular flexibility index (Phi) is 2.90. The van der Waals surface area contributed by atoms with Crippen LogP contribution in [0.25, 0.3) is 0 Å². The third-order valence-electron chi connectivity index (χ3n) is 2.19. The number of nitrogens with two attached hydrogens (primary N) is 1. The topological polar surface area (TPSA) is 58.3 Å². The number of aryl methyl sites for hydroxylation is 2. The van der Waals surface area contributed by atoms with Gasteiger partial charge in [-0.05, 0) is 26.3 Å². The molecule has 0 spiro atoms. The van der Waals surface area contributed by atoms with Crippen molar-refractivity contribution in [2.75, 3.05) is 0 Å². The average Bonchev–Trinajstić information content (AvgIpc) is 2.10. The molecule has 3 heteroatoms. The summed E-state index contributed by atoms with van der Waals surface area (Å²) in [5, 5.41) is 9.73. The molecule has 1 rings (SSSR count). The number of nitrogens with one attached hydrogen (secondary N) is 1. The van der Waals surface area contributed by atoms with E-state index in [1.165, 1.54) is 0 Å². The van der Waals surface area contributed by atoms with E-state index in [1.807, 2.05) is 32.9 Å². The number of phenols is 1. The van der Waals surface area contributed by atoms with Crippen molar-refractivity contribution in [3.05, 3.63) is 28.8 Å². The first-order chi connectivity index (χ1) is 6.06. The first kappa shape index (κ1) is 10.0. The molecular formula is C10H16N2O. The number of aromatic hydroxyl groups is 1. The van der Waals surface area contributed by atoms with E-state index in [2.05, 4.69) is 5.43 Å². The molecule has 0 aliphatic rings. The van der Waals surface area contributed by atoms with Gasteiger partial charge in [-0.2, -0.15) is 0 Å². The molecule has 1 aromatic carbocycles. The van der Waals surface area contributed by atoms with Gasteiger partial charge in [-0.25, -0.2) is 0 Å². The summed E-state index contributed by atoms with van der Waals surface area (Å²) in [5.74, 6) is 5.64. The number of hydrogen-bond donors (Lipinski definition) is 3. The van der Waals surface area contributed by atoms with Gasteiger partial charge in [-0.15, -0.1) is 0 Å². The molecular weight excluding hydrogens is 164 g/mol. The van der Waals surface area contributed by atoms with Crippen LogP contribution >= 0.6 is 0 Å². The number of benzene rings is 1. The second-order valence-electron chi connectivity index (χ2n) is 3.41. The zero-order chi connectivity index (χ0) is 10.0. The van der Waals surface area contributed by atoms with Gasteiger partial charge in [0.25, 0.3) is 0 Å². The average molecular weight is 180 g/mol. The highest BCUT2D eigenvalue weighted by Gasteiger charge is 2.10. The SMILES string of the molecule is Cc1cc(C)c(O)c([C@@H](C)NN)c1. The lowest BCUT2D eigenvalue weighted by Gasteiger charge is -2.14. The van der Waals surface area contributed by atoms with Crippen molar-refractivity contribution >= 4 is 0 Å². The molecule has 13 heavy (non-hydrogen) atoms. The monoisotopic (exact) mass is 180 g/mol. The van der Waals surface area contributed by atoms with Crippen LogP contribution in [0.4, 0.5) is 0 Å². The Morgan fingerprint density at radius 2 is 2.00 bits per heavy atom. The van der Waals surface area contributed by atoms with E-state index in [1.54, 1.807) is 0 Å². The molecule has 1 atom stereocenters. The van der Waals surface area contributed by atoms with Crippen LogP contribution in [0, 0.1) is 13.8 Å². The zero-order valence-electron chi connectivity index (χ0n) is 8.26.